The van der Waals surface area contributed by atoms with E-state index in [2.05, 4.69) is 5.32 Å². The first-order chi connectivity index (χ1) is 9.38. The largest absolute Gasteiger partial charge is 0.302 e. The predicted molar refractivity (Wildman–Crippen MR) is 74.8 cm³/mol. The van der Waals surface area contributed by atoms with E-state index in [-0.39, 0.29) is 41.8 Å². The van der Waals surface area contributed by atoms with Gasteiger partial charge >= 0.3 is 0 Å². The van der Waals surface area contributed by atoms with Gasteiger partial charge in [0.2, 0.25) is 11.8 Å². The van der Waals surface area contributed by atoms with Gasteiger partial charge in [0.05, 0.1) is 24.0 Å². The lowest BCUT2D eigenvalue weighted by molar-refractivity contribution is -0.141. The maximum absolute atomic E-state index is 12.3. The molecule has 2 aliphatic heterocycles. The molecule has 2 fully saturated rings. The molecule has 0 aliphatic carbocycles. The zero-order valence-electron chi connectivity index (χ0n) is 12.0. The van der Waals surface area contributed by atoms with Crippen LogP contribution in [-0.2, 0) is 19.4 Å². The van der Waals surface area contributed by atoms with Crippen molar-refractivity contribution in [3.8, 4) is 0 Å². The Morgan fingerprint density at radius 3 is 2.45 bits per heavy atom. The van der Waals surface area contributed by atoms with Crippen LogP contribution in [0.2, 0.25) is 0 Å². The van der Waals surface area contributed by atoms with E-state index < -0.39 is 15.9 Å². The Bertz CT molecular complexity index is 499. The zero-order chi connectivity index (χ0) is 14.9. The van der Waals surface area contributed by atoms with Crippen molar-refractivity contribution in [2.45, 2.75) is 57.7 Å². The van der Waals surface area contributed by atoms with Gasteiger partial charge in [-0.05, 0) is 19.3 Å². The Kier molecular flexibility index (Phi) is 4.49. The van der Waals surface area contributed by atoms with Gasteiger partial charge in [0.15, 0.2) is 9.84 Å². The van der Waals surface area contributed by atoms with Crippen molar-refractivity contribution in [1.29, 1.82) is 0 Å². The SMILES string of the molecule is CCC(CC)N1C(=O)CC(NC2CCS(=O)(=O)C2)C1=O. The lowest BCUT2D eigenvalue weighted by Gasteiger charge is -2.24. The molecule has 0 saturated carbocycles. The number of nitrogens with zero attached hydrogens (tertiary/aromatic N) is 1. The van der Waals surface area contributed by atoms with Crippen LogP contribution in [0.3, 0.4) is 0 Å². The molecule has 6 nitrogen and oxygen atoms in total. The van der Waals surface area contributed by atoms with Crippen LogP contribution in [0.15, 0.2) is 0 Å². The van der Waals surface area contributed by atoms with E-state index in [4.69, 9.17) is 0 Å². The van der Waals surface area contributed by atoms with Crippen LogP contribution >= 0.6 is 0 Å². The van der Waals surface area contributed by atoms with Gasteiger partial charge in [0.1, 0.15) is 0 Å². The summed E-state index contributed by atoms with van der Waals surface area (Å²) in [5.41, 5.74) is 0. The molecule has 1 N–H and O–H groups in total. The maximum Gasteiger partial charge on any atom is 0.247 e. The summed E-state index contributed by atoms with van der Waals surface area (Å²) >= 11 is 0. The summed E-state index contributed by atoms with van der Waals surface area (Å²) in [6.45, 7) is 3.91. The smallest absolute Gasteiger partial charge is 0.247 e. The molecule has 0 aromatic rings. The summed E-state index contributed by atoms with van der Waals surface area (Å²) in [5.74, 6) is -0.124. The minimum Gasteiger partial charge on any atom is -0.302 e. The lowest BCUT2D eigenvalue weighted by Crippen LogP contribution is -2.46. The van der Waals surface area contributed by atoms with Crippen molar-refractivity contribution >= 4 is 21.7 Å². The van der Waals surface area contributed by atoms with E-state index in [1.54, 1.807) is 0 Å². The molecule has 20 heavy (non-hydrogen) atoms. The van der Waals surface area contributed by atoms with Crippen molar-refractivity contribution in [2.24, 2.45) is 0 Å². The number of imide groups is 1. The lowest BCUT2D eigenvalue weighted by atomic mass is 10.1. The average Bonchev–Trinajstić information content (AvgIpc) is 2.85. The minimum absolute atomic E-state index is 0.0471. The highest BCUT2D eigenvalue weighted by Crippen LogP contribution is 2.22. The summed E-state index contributed by atoms with van der Waals surface area (Å²) in [5, 5.41) is 3.06. The van der Waals surface area contributed by atoms with Crippen molar-refractivity contribution < 1.29 is 18.0 Å². The summed E-state index contributed by atoms with van der Waals surface area (Å²) in [6, 6.07) is -0.807. The molecule has 2 aliphatic rings. The normalized spacial score (nSPS) is 29.6. The van der Waals surface area contributed by atoms with Crippen LogP contribution in [0.4, 0.5) is 0 Å². The minimum atomic E-state index is -2.98. The third kappa shape index (κ3) is 3.03. The number of nitrogens with one attached hydrogen (secondary N) is 1. The molecule has 0 radical (unpaired) electrons. The van der Waals surface area contributed by atoms with Crippen molar-refractivity contribution in [3.63, 3.8) is 0 Å². The van der Waals surface area contributed by atoms with Crippen molar-refractivity contribution in [1.82, 2.24) is 10.2 Å². The Morgan fingerprint density at radius 2 is 1.95 bits per heavy atom. The van der Waals surface area contributed by atoms with Gasteiger partial charge in [-0.25, -0.2) is 8.42 Å². The number of likely N-dealkylation sites (tertiary alicyclic amines) is 1. The molecule has 2 saturated heterocycles. The average molecular weight is 302 g/mol. The Morgan fingerprint density at radius 1 is 1.30 bits per heavy atom. The summed E-state index contributed by atoms with van der Waals surface area (Å²) in [4.78, 5) is 25.7. The van der Waals surface area contributed by atoms with Crippen LogP contribution in [0.25, 0.3) is 0 Å². The van der Waals surface area contributed by atoms with E-state index in [0.717, 1.165) is 12.8 Å². The van der Waals surface area contributed by atoms with E-state index >= 15 is 0 Å². The van der Waals surface area contributed by atoms with Crippen LogP contribution in [0, 0.1) is 0 Å². The van der Waals surface area contributed by atoms with Crippen LogP contribution in [0.5, 0.6) is 0 Å². The topological polar surface area (TPSA) is 83.6 Å². The first kappa shape index (κ1) is 15.4. The van der Waals surface area contributed by atoms with Crippen LogP contribution < -0.4 is 5.32 Å². The number of carbonyl (C=O) groups is 2. The predicted octanol–water partition coefficient (Wildman–Crippen LogP) is 0.0792. The number of rotatable bonds is 5. The van der Waals surface area contributed by atoms with Gasteiger partial charge in [0, 0.05) is 12.1 Å². The molecule has 7 heteroatoms. The second-order valence-electron chi connectivity index (χ2n) is 5.60. The zero-order valence-corrected chi connectivity index (χ0v) is 12.8. The fraction of sp³-hybridized carbons (Fsp3) is 0.846. The number of amides is 2. The second kappa shape index (κ2) is 5.81. The number of sulfone groups is 1. The third-order valence-electron chi connectivity index (χ3n) is 4.16. The Balaban J connectivity index is 2.01. The highest BCUT2D eigenvalue weighted by Gasteiger charge is 2.43. The number of carbonyl (C=O) groups excluding carboxylic acids is 2. The summed E-state index contributed by atoms with van der Waals surface area (Å²) in [6.07, 6.45) is 2.16. The van der Waals surface area contributed by atoms with Gasteiger partial charge in [0.25, 0.3) is 0 Å². The van der Waals surface area contributed by atoms with Crippen molar-refractivity contribution in [3.05, 3.63) is 0 Å². The molecule has 2 amide bonds. The molecule has 0 spiro atoms. The fourth-order valence-corrected chi connectivity index (χ4v) is 4.72. The number of hydrogen-bond acceptors (Lipinski definition) is 5. The molecule has 0 aromatic carbocycles. The van der Waals surface area contributed by atoms with Gasteiger partial charge in [-0.2, -0.15) is 0 Å². The summed E-state index contributed by atoms with van der Waals surface area (Å²) in [7, 11) is -2.98. The monoisotopic (exact) mass is 302 g/mol. The number of hydrogen-bond donors (Lipinski definition) is 1. The van der Waals surface area contributed by atoms with E-state index in [1.807, 2.05) is 13.8 Å². The first-order valence-corrected chi connectivity index (χ1v) is 9.02. The van der Waals surface area contributed by atoms with Gasteiger partial charge in [-0.3, -0.25) is 14.5 Å². The maximum atomic E-state index is 12.3. The van der Waals surface area contributed by atoms with Gasteiger partial charge in [-0.15, -0.1) is 0 Å². The Labute approximate surface area is 119 Å². The molecule has 2 heterocycles. The second-order valence-corrected chi connectivity index (χ2v) is 7.82. The van der Waals surface area contributed by atoms with Crippen LogP contribution in [0.1, 0.15) is 39.5 Å². The quantitative estimate of drug-likeness (QED) is 0.727. The van der Waals surface area contributed by atoms with E-state index in [0.29, 0.717) is 6.42 Å². The van der Waals surface area contributed by atoms with Crippen molar-refractivity contribution in [2.75, 3.05) is 11.5 Å². The molecular formula is C13H22N2O4S. The fourth-order valence-electron chi connectivity index (χ4n) is 3.03. The third-order valence-corrected chi connectivity index (χ3v) is 5.93. The van der Waals surface area contributed by atoms with Gasteiger partial charge < -0.3 is 5.32 Å². The molecule has 114 valence electrons. The van der Waals surface area contributed by atoms with E-state index in [1.165, 1.54) is 4.90 Å². The summed E-state index contributed by atoms with van der Waals surface area (Å²) < 4.78 is 22.8. The Hall–Kier alpha value is -0.950. The first-order valence-electron chi connectivity index (χ1n) is 7.20. The highest BCUT2D eigenvalue weighted by molar-refractivity contribution is 7.91. The molecule has 0 aromatic heterocycles. The highest BCUT2D eigenvalue weighted by atomic mass is 32.2. The molecule has 2 unspecified atom stereocenters. The van der Waals surface area contributed by atoms with E-state index in [9.17, 15) is 18.0 Å². The molecule has 2 atom stereocenters. The van der Waals surface area contributed by atoms with Gasteiger partial charge in [-0.1, -0.05) is 13.8 Å². The molecular weight excluding hydrogens is 280 g/mol. The molecule has 2 rings (SSSR count). The molecule has 0 bridgehead atoms. The van der Waals surface area contributed by atoms with Crippen LogP contribution in [-0.4, -0.2) is 54.8 Å². The standard InChI is InChI=1S/C13H22N2O4S/c1-3-10(4-2)15-12(16)7-11(13(15)17)14-9-5-6-20(18,19)8-9/h9-11,14H,3-8H2,1-2H3.